The van der Waals surface area contributed by atoms with Crippen molar-refractivity contribution >= 4 is 0 Å². The number of aromatic nitrogens is 1. The first-order chi connectivity index (χ1) is 8.34. The molecular formula is C15H20N2. The van der Waals surface area contributed by atoms with Crippen molar-refractivity contribution in [3.8, 4) is 0 Å². The van der Waals surface area contributed by atoms with Crippen LogP contribution in [0.1, 0.15) is 24.6 Å². The molecule has 0 bridgehead atoms. The summed E-state index contributed by atoms with van der Waals surface area (Å²) in [5.41, 5.74) is 2.66. The van der Waals surface area contributed by atoms with E-state index in [2.05, 4.69) is 53.6 Å². The van der Waals surface area contributed by atoms with Crippen LogP contribution in [0.3, 0.4) is 0 Å². The maximum absolute atomic E-state index is 3.52. The second-order valence-electron chi connectivity index (χ2n) is 4.50. The lowest BCUT2D eigenvalue weighted by molar-refractivity contribution is 0.510. The van der Waals surface area contributed by atoms with Crippen LogP contribution in [0.5, 0.6) is 0 Å². The Morgan fingerprint density at radius 2 is 1.94 bits per heavy atom. The molecule has 1 unspecified atom stereocenters. The molecule has 2 aromatic rings. The Labute approximate surface area is 103 Å². The van der Waals surface area contributed by atoms with Gasteiger partial charge in [0.2, 0.25) is 0 Å². The number of nitrogens with one attached hydrogen (secondary N) is 2. The minimum atomic E-state index is 0.540. The molecule has 0 radical (unpaired) electrons. The van der Waals surface area contributed by atoms with Crippen molar-refractivity contribution in [2.24, 2.45) is 0 Å². The average Bonchev–Trinajstić information content (AvgIpc) is 2.88. The van der Waals surface area contributed by atoms with Gasteiger partial charge >= 0.3 is 0 Å². The van der Waals surface area contributed by atoms with Gasteiger partial charge in [-0.3, -0.25) is 0 Å². The van der Waals surface area contributed by atoms with E-state index < -0.39 is 0 Å². The third kappa shape index (κ3) is 4.08. The van der Waals surface area contributed by atoms with E-state index in [9.17, 15) is 0 Å². The van der Waals surface area contributed by atoms with Crippen LogP contribution in [0, 0.1) is 0 Å². The summed E-state index contributed by atoms with van der Waals surface area (Å²) in [5, 5.41) is 3.52. The molecule has 0 aliphatic carbocycles. The van der Waals surface area contributed by atoms with Gasteiger partial charge in [-0.2, -0.15) is 0 Å². The van der Waals surface area contributed by atoms with Gasteiger partial charge in [-0.05, 0) is 37.5 Å². The zero-order valence-corrected chi connectivity index (χ0v) is 10.3. The molecule has 17 heavy (non-hydrogen) atoms. The third-order valence-corrected chi connectivity index (χ3v) is 3.01. The quantitative estimate of drug-likeness (QED) is 0.781. The lowest BCUT2D eigenvalue weighted by Gasteiger charge is -2.13. The first-order valence-electron chi connectivity index (χ1n) is 6.24. The second kappa shape index (κ2) is 6.26. The van der Waals surface area contributed by atoms with E-state index in [1.54, 1.807) is 0 Å². The fourth-order valence-electron chi connectivity index (χ4n) is 1.89. The molecule has 0 amide bonds. The average molecular weight is 228 g/mol. The summed E-state index contributed by atoms with van der Waals surface area (Å²) >= 11 is 0. The smallest absolute Gasteiger partial charge is 0.0359 e. The van der Waals surface area contributed by atoms with Gasteiger partial charge in [-0.1, -0.05) is 30.3 Å². The Morgan fingerprint density at radius 3 is 2.65 bits per heavy atom. The Morgan fingerprint density at radius 1 is 1.12 bits per heavy atom. The summed E-state index contributed by atoms with van der Waals surface area (Å²) in [5.74, 6) is 0. The lowest BCUT2D eigenvalue weighted by atomic mass is 10.1. The Balaban J connectivity index is 1.69. The number of aromatic amines is 1. The van der Waals surface area contributed by atoms with E-state index >= 15 is 0 Å². The van der Waals surface area contributed by atoms with Crippen molar-refractivity contribution in [3.63, 3.8) is 0 Å². The summed E-state index contributed by atoms with van der Waals surface area (Å²) < 4.78 is 0. The van der Waals surface area contributed by atoms with E-state index in [0.29, 0.717) is 6.04 Å². The Kier molecular flexibility index (Phi) is 4.39. The van der Waals surface area contributed by atoms with Crippen molar-refractivity contribution in [2.75, 3.05) is 0 Å². The number of aryl methyl sites for hydroxylation is 1. The predicted molar refractivity (Wildman–Crippen MR) is 71.9 cm³/mol. The summed E-state index contributed by atoms with van der Waals surface area (Å²) in [4.78, 5) is 3.20. The van der Waals surface area contributed by atoms with Crippen molar-refractivity contribution in [3.05, 3.63) is 59.9 Å². The first-order valence-corrected chi connectivity index (χ1v) is 6.24. The molecule has 0 saturated heterocycles. The highest BCUT2D eigenvalue weighted by molar-refractivity contribution is 5.14. The number of H-pyrrole nitrogens is 1. The Bertz CT molecular complexity index is 406. The SMILES string of the molecule is CC(CCc1ccccc1)NCc1ccc[nH]1. The molecule has 0 saturated carbocycles. The van der Waals surface area contributed by atoms with Gasteiger partial charge in [-0.15, -0.1) is 0 Å². The van der Waals surface area contributed by atoms with Crippen LogP contribution < -0.4 is 5.32 Å². The monoisotopic (exact) mass is 228 g/mol. The number of rotatable bonds is 6. The topological polar surface area (TPSA) is 27.8 Å². The molecule has 2 N–H and O–H groups in total. The molecule has 1 atom stereocenters. The summed E-state index contributed by atoms with van der Waals surface area (Å²) in [6.07, 6.45) is 4.27. The maximum atomic E-state index is 3.52. The summed E-state index contributed by atoms with van der Waals surface area (Å²) in [6, 6.07) is 15.3. The van der Waals surface area contributed by atoms with Gasteiger partial charge in [0.15, 0.2) is 0 Å². The van der Waals surface area contributed by atoms with Crippen molar-refractivity contribution in [1.29, 1.82) is 0 Å². The van der Waals surface area contributed by atoms with Crippen LogP contribution in [0.2, 0.25) is 0 Å². The molecule has 2 nitrogen and oxygen atoms in total. The van der Waals surface area contributed by atoms with Crippen LogP contribution in [0.15, 0.2) is 48.7 Å². The minimum Gasteiger partial charge on any atom is -0.364 e. The number of hydrogen-bond donors (Lipinski definition) is 2. The van der Waals surface area contributed by atoms with Crippen molar-refractivity contribution in [1.82, 2.24) is 10.3 Å². The molecule has 2 rings (SSSR count). The van der Waals surface area contributed by atoms with Crippen LogP contribution in [-0.2, 0) is 13.0 Å². The highest BCUT2D eigenvalue weighted by Crippen LogP contribution is 2.05. The van der Waals surface area contributed by atoms with Crippen LogP contribution in [0.4, 0.5) is 0 Å². The zero-order valence-electron chi connectivity index (χ0n) is 10.3. The van der Waals surface area contributed by atoms with Gasteiger partial charge in [-0.25, -0.2) is 0 Å². The molecular weight excluding hydrogens is 208 g/mol. The highest BCUT2D eigenvalue weighted by atomic mass is 14.9. The summed E-state index contributed by atoms with van der Waals surface area (Å²) in [7, 11) is 0. The van der Waals surface area contributed by atoms with E-state index in [0.717, 1.165) is 13.0 Å². The molecule has 0 aliphatic rings. The molecule has 1 aromatic carbocycles. The molecule has 0 fully saturated rings. The molecule has 2 heteroatoms. The fourth-order valence-corrected chi connectivity index (χ4v) is 1.89. The largest absolute Gasteiger partial charge is 0.364 e. The van der Waals surface area contributed by atoms with Crippen LogP contribution in [0.25, 0.3) is 0 Å². The molecule has 0 spiro atoms. The van der Waals surface area contributed by atoms with E-state index in [4.69, 9.17) is 0 Å². The molecule has 1 aromatic heterocycles. The standard InChI is InChI=1S/C15H20N2/c1-13(17-12-15-8-5-11-16-15)9-10-14-6-3-2-4-7-14/h2-8,11,13,16-17H,9-10,12H2,1H3. The summed E-state index contributed by atoms with van der Waals surface area (Å²) in [6.45, 7) is 3.16. The fraction of sp³-hybridized carbons (Fsp3) is 0.333. The maximum Gasteiger partial charge on any atom is 0.0359 e. The van der Waals surface area contributed by atoms with Crippen LogP contribution >= 0.6 is 0 Å². The lowest BCUT2D eigenvalue weighted by Crippen LogP contribution is -2.26. The second-order valence-corrected chi connectivity index (χ2v) is 4.50. The van der Waals surface area contributed by atoms with Gasteiger partial charge in [0.1, 0.15) is 0 Å². The van der Waals surface area contributed by atoms with Crippen LogP contribution in [-0.4, -0.2) is 11.0 Å². The number of benzene rings is 1. The van der Waals surface area contributed by atoms with E-state index in [1.165, 1.54) is 17.7 Å². The van der Waals surface area contributed by atoms with E-state index in [1.807, 2.05) is 12.3 Å². The first kappa shape index (κ1) is 11.9. The number of hydrogen-bond acceptors (Lipinski definition) is 1. The zero-order chi connectivity index (χ0) is 11.9. The molecule has 1 heterocycles. The van der Waals surface area contributed by atoms with Crippen molar-refractivity contribution in [2.45, 2.75) is 32.4 Å². The highest BCUT2D eigenvalue weighted by Gasteiger charge is 2.02. The van der Waals surface area contributed by atoms with Gasteiger partial charge < -0.3 is 10.3 Å². The predicted octanol–water partition coefficient (Wildman–Crippen LogP) is 3.13. The van der Waals surface area contributed by atoms with Gasteiger partial charge in [0, 0.05) is 24.5 Å². The molecule has 0 aliphatic heterocycles. The van der Waals surface area contributed by atoms with E-state index in [-0.39, 0.29) is 0 Å². The Hall–Kier alpha value is -1.54. The van der Waals surface area contributed by atoms with Crippen molar-refractivity contribution < 1.29 is 0 Å². The normalized spacial score (nSPS) is 12.5. The molecule has 90 valence electrons. The minimum absolute atomic E-state index is 0.540. The van der Waals surface area contributed by atoms with Gasteiger partial charge in [0.25, 0.3) is 0 Å². The third-order valence-electron chi connectivity index (χ3n) is 3.01. The van der Waals surface area contributed by atoms with Gasteiger partial charge in [0.05, 0.1) is 0 Å².